The summed E-state index contributed by atoms with van der Waals surface area (Å²) in [6.07, 6.45) is -4.41. The van der Waals surface area contributed by atoms with Crippen molar-refractivity contribution in [2.75, 3.05) is 48.8 Å². The minimum atomic E-state index is -4.41. The maximum Gasteiger partial charge on any atom is 0.416 e. The van der Waals surface area contributed by atoms with E-state index in [9.17, 15) is 13.2 Å². The summed E-state index contributed by atoms with van der Waals surface area (Å²) in [6, 6.07) is 9.94. The monoisotopic (exact) mass is 553 g/mol. The van der Waals surface area contributed by atoms with E-state index in [1.807, 2.05) is 0 Å². The van der Waals surface area contributed by atoms with Crippen LogP contribution >= 0.6 is 34.5 Å². The van der Waals surface area contributed by atoms with Gasteiger partial charge in [0.05, 0.1) is 21.3 Å². The Morgan fingerprint density at radius 1 is 0.889 bits per heavy atom. The molecule has 2 aromatic heterocycles. The molecule has 0 spiro atoms. The first-order chi connectivity index (χ1) is 17.2. The van der Waals surface area contributed by atoms with Crippen molar-refractivity contribution in [1.82, 2.24) is 19.9 Å². The molecule has 0 aliphatic carbocycles. The predicted octanol–water partition coefficient (Wildman–Crippen LogP) is 6.65. The molecule has 1 aliphatic heterocycles. The molecule has 36 heavy (non-hydrogen) atoms. The lowest BCUT2D eigenvalue weighted by Crippen LogP contribution is -2.45. The summed E-state index contributed by atoms with van der Waals surface area (Å²) in [6.45, 7) is 3.23. The van der Waals surface area contributed by atoms with Crippen LogP contribution in [0.3, 0.4) is 0 Å². The molecule has 13 heteroatoms. The SMILES string of the molecule is CN1CCN(c2nc(Nc3ccc(C(F)(F)F)cc3)c3nc(Nc4c(Cl)cccc4Cl)sc3n2)CC1. The molecule has 188 valence electrons. The zero-order valence-electron chi connectivity index (χ0n) is 18.9. The molecule has 1 aliphatic rings. The van der Waals surface area contributed by atoms with Crippen LogP contribution in [0.2, 0.25) is 10.0 Å². The number of nitrogens with one attached hydrogen (secondary N) is 2. The van der Waals surface area contributed by atoms with Gasteiger partial charge in [-0.3, -0.25) is 0 Å². The van der Waals surface area contributed by atoms with Gasteiger partial charge in [-0.1, -0.05) is 40.6 Å². The van der Waals surface area contributed by atoms with Crippen LogP contribution in [0, 0.1) is 0 Å². The van der Waals surface area contributed by atoms with E-state index in [2.05, 4.69) is 32.5 Å². The quantitative estimate of drug-likeness (QED) is 0.286. The van der Waals surface area contributed by atoms with Crippen LogP contribution in [-0.4, -0.2) is 53.1 Å². The molecule has 3 heterocycles. The number of halogens is 5. The van der Waals surface area contributed by atoms with E-state index in [1.54, 1.807) is 18.2 Å². The Morgan fingerprint density at radius 3 is 2.19 bits per heavy atom. The lowest BCUT2D eigenvalue weighted by Gasteiger charge is -2.32. The molecule has 0 unspecified atom stereocenters. The fourth-order valence-electron chi connectivity index (χ4n) is 3.70. The van der Waals surface area contributed by atoms with E-state index in [0.29, 0.717) is 48.7 Å². The third kappa shape index (κ3) is 5.29. The zero-order chi connectivity index (χ0) is 25.4. The molecule has 1 fully saturated rings. The van der Waals surface area contributed by atoms with Gasteiger partial charge in [-0.2, -0.15) is 23.1 Å². The Labute approximate surface area is 218 Å². The lowest BCUT2D eigenvalue weighted by molar-refractivity contribution is -0.137. The van der Waals surface area contributed by atoms with Crippen molar-refractivity contribution in [2.45, 2.75) is 6.18 Å². The Morgan fingerprint density at radius 2 is 1.56 bits per heavy atom. The van der Waals surface area contributed by atoms with Crippen molar-refractivity contribution in [2.24, 2.45) is 0 Å². The average molecular weight is 554 g/mol. The van der Waals surface area contributed by atoms with Gasteiger partial charge in [-0.15, -0.1) is 0 Å². The second kappa shape index (κ2) is 9.89. The Kier molecular flexibility index (Phi) is 6.82. The van der Waals surface area contributed by atoms with Gasteiger partial charge in [0.1, 0.15) is 5.52 Å². The van der Waals surface area contributed by atoms with Gasteiger partial charge in [0, 0.05) is 31.9 Å². The highest BCUT2D eigenvalue weighted by molar-refractivity contribution is 7.22. The van der Waals surface area contributed by atoms with E-state index in [4.69, 9.17) is 33.2 Å². The molecule has 0 atom stereocenters. The van der Waals surface area contributed by atoms with E-state index in [0.717, 1.165) is 38.3 Å². The fraction of sp³-hybridized carbons (Fsp3) is 0.261. The third-order valence-corrected chi connectivity index (χ3v) is 7.20. The lowest BCUT2D eigenvalue weighted by atomic mass is 10.2. The Balaban J connectivity index is 1.53. The number of aromatic nitrogens is 3. The van der Waals surface area contributed by atoms with Crippen molar-refractivity contribution < 1.29 is 13.2 Å². The van der Waals surface area contributed by atoms with Gasteiger partial charge in [-0.05, 0) is 43.4 Å². The van der Waals surface area contributed by atoms with E-state index in [-0.39, 0.29) is 0 Å². The molecule has 2 N–H and O–H groups in total. The molecule has 1 saturated heterocycles. The average Bonchev–Trinajstić information content (AvgIpc) is 3.25. The number of benzene rings is 2. The van der Waals surface area contributed by atoms with Crippen molar-refractivity contribution >= 4 is 73.2 Å². The predicted molar refractivity (Wildman–Crippen MR) is 139 cm³/mol. The highest BCUT2D eigenvalue weighted by atomic mass is 35.5. The van der Waals surface area contributed by atoms with Crippen LogP contribution < -0.4 is 15.5 Å². The Bertz CT molecular complexity index is 1370. The van der Waals surface area contributed by atoms with Crippen LogP contribution in [0.4, 0.5) is 41.4 Å². The first-order valence-electron chi connectivity index (χ1n) is 10.9. The molecule has 0 radical (unpaired) electrons. The van der Waals surface area contributed by atoms with Gasteiger partial charge >= 0.3 is 6.18 Å². The molecular formula is C23H20Cl2F3N7S. The van der Waals surface area contributed by atoms with Crippen molar-refractivity contribution in [3.63, 3.8) is 0 Å². The highest BCUT2D eigenvalue weighted by Gasteiger charge is 2.30. The summed E-state index contributed by atoms with van der Waals surface area (Å²) in [5.41, 5.74) is 0.715. The number of piperazine rings is 1. The maximum absolute atomic E-state index is 13.0. The zero-order valence-corrected chi connectivity index (χ0v) is 21.2. The summed E-state index contributed by atoms with van der Waals surface area (Å²) in [7, 11) is 2.06. The number of hydrogen-bond donors (Lipinski definition) is 2. The largest absolute Gasteiger partial charge is 0.416 e. The molecule has 4 aromatic rings. The van der Waals surface area contributed by atoms with Crippen LogP contribution in [0.25, 0.3) is 10.3 Å². The summed E-state index contributed by atoms with van der Waals surface area (Å²) in [5, 5.41) is 7.65. The standard InChI is InChI=1S/C23H20Cl2F3N7S/c1-34-9-11-35(12-10-34)21-32-19(29-14-7-5-13(6-8-14)23(26,27)28)18-20(33-21)36-22(31-18)30-17-15(24)3-2-4-16(17)25/h2-8H,9-12H2,1H3,(H,30,31)(H,29,32,33). The minimum Gasteiger partial charge on any atom is -0.338 e. The number of rotatable bonds is 5. The molecule has 2 aromatic carbocycles. The second-order valence-electron chi connectivity index (χ2n) is 8.26. The molecule has 5 rings (SSSR count). The molecular weight excluding hydrogens is 534 g/mol. The molecule has 0 saturated carbocycles. The van der Waals surface area contributed by atoms with Crippen molar-refractivity contribution in [3.8, 4) is 0 Å². The van der Waals surface area contributed by atoms with Crippen molar-refractivity contribution in [1.29, 1.82) is 0 Å². The number of thiazole rings is 1. The number of alkyl halides is 3. The first kappa shape index (κ1) is 24.8. The maximum atomic E-state index is 13.0. The summed E-state index contributed by atoms with van der Waals surface area (Å²) < 4.78 is 39.0. The first-order valence-corrected chi connectivity index (χ1v) is 12.5. The third-order valence-electron chi connectivity index (χ3n) is 5.70. The summed E-state index contributed by atoms with van der Waals surface area (Å²) in [5.74, 6) is 0.916. The number of para-hydroxylation sites is 1. The minimum absolute atomic E-state index is 0.392. The van der Waals surface area contributed by atoms with E-state index >= 15 is 0 Å². The van der Waals surface area contributed by atoms with Crippen LogP contribution in [-0.2, 0) is 6.18 Å². The molecule has 0 bridgehead atoms. The van der Waals surface area contributed by atoms with Crippen LogP contribution in [0.5, 0.6) is 0 Å². The van der Waals surface area contributed by atoms with Gasteiger partial charge in [0.2, 0.25) is 5.95 Å². The van der Waals surface area contributed by atoms with Gasteiger partial charge < -0.3 is 20.4 Å². The normalized spacial score (nSPS) is 14.9. The van der Waals surface area contributed by atoms with Gasteiger partial charge in [0.25, 0.3) is 0 Å². The Hall–Kier alpha value is -2.86. The topological polar surface area (TPSA) is 69.2 Å². The summed E-state index contributed by atoms with van der Waals surface area (Å²) >= 11 is 13.9. The van der Waals surface area contributed by atoms with E-state index in [1.165, 1.54) is 23.5 Å². The number of nitrogens with zero attached hydrogens (tertiary/aromatic N) is 5. The van der Waals surface area contributed by atoms with Crippen molar-refractivity contribution in [3.05, 3.63) is 58.1 Å². The van der Waals surface area contributed by atoms with Gasteiger partial charge in [0.15, 0.2) is 15.8 Å². The molecule has 7 nitrogen and oxygen atoms in total. The number of likely N-dealkylation sites (N-methyl/N-ethyl adjacent to an activating group) is 1. The molecule has 0 amide bonds. The smallest absolute Gasteiger partial charge is 0.338 e. The van der Waals surface area contributed by atoms with Crippen LogP contribution in [0.15, 0.2) is 42.5 Å². The number of anilines is 5. The second-order valence-corrected chi connectivity index (χ2v) is 10.0. The van der Waals surface area contributed by atoms with Crippen LogP contribution in [0.1, 0.15) is 5.56 Å². The number of fused-ring (bicyclic) bond motifs is 1. The highest BCUT2D eigenvalue weighted by Crippen LogP contribution is 2.38. The van der Waals surface area contributed by atoms with E-state index < -0.39 is 11.7 Å². The number of hydrogen-bond acceptors (Lipinski definition) is 8. The van der Waals surface area contributed by atoms with Gasteiger partial charge in [-0.25, -0.2) is 4.98 Å². The fourth-order valence-corrected chi connectivity index (χ4v) is 5.03. The summed E-state index contributed by atoms with van der Waals surface area (Å²) in [4.78, 5) is 19.0.